The molecule has 2 atom stereocenters. The summed E-state index contributed by atoms with van der Waals surface area (Å²) in [5, 5.41) is 2.88. The van der Waals surface area contributed by atoms with Crippen LogP contribution in [0.15, 0.2) is 41.0 Å². The highest BCUT2D eigenvalue weighted by atomic mass is 19.4. The van der Waals surface area contributed by atoms with E-state index in [0.717, 1.165) is 11.3 Å². The molecule has 0 saturated carbocycles. The fraction of sp³-hybridized carbons (Fsp3) is 0.474. The fourth-order valence-electron chi connectivity index (χ4n) is 2.69. The van der Waals surface area contributed by atoms with Gasteiger partial charge in [0, 0.05) is 17.8 Å². The minimum Gasteiger partial charge on any atom is -0.484 e. The molecule has 0 fully saturated rings. The Morgan fingerprint density at radius 1 is 1.33 bits per heavy atom. The monoisotopic (exact) mass is 383 g/mol. The Labute approximate surface area is 156 Å². The molecule has 148 valence electrons. The van der Waals surface area contributed by atoms with Gasteiger partial charge in [-0.2, -0.15) is 13.2 Å². The zero-order chi connectivity index (χ0) is 20.2. The Bertz CT molecular complexity index is 729. The summed E-state index contributed by atoms with van der Waals surface area (Å²) in [4.78, 5) is 18.3. The van der Waals surface area contributed by atoms with Crippen molar-refractivity contribution in [3.63, 3.8) is 0 Å². The molecule has 0 aromatic heterocycles. The number of benzene rings is 1. The highest BCUT2D eigenvalue weighted by molar-refractivity contribution is 5.79. The first-order valence-corrected chi connectivity index (χ1v) is 8.67. The van der Waals surface area contributed by atoms with Crippen LogP contribution in [-0.4, -0.2) is 36.1 Å². The van der Waals surface area contributed by atoms with Crippen LogP contribution >= 0.6 is 0 Å². The number of aliphatic imine (C=N–C) groups is 1. The van der Waals surface area contributed by atoms with Crippen molar-refractivity contribution in [2.24, 2.45) is 10.9 Å². The van der Waals surface area contributed by atoms with Crippen molar-refractivity contribution in [3.05, 3.63) is 41.6 Å². The summed E-state index contributed by atoms with van der Waals surface area (Å²) < 4.78 is 42.0. The van der Waals surface area contributed by atoms with E-state index in [9.17, 15) is 18.0 Å². The van der Waals surface area contributed by atoms with Gasteiger partial charge in [-0.25, -0.2) is 4.99 Å². The van der Waals surface area contributed by atoms with Crippen LogP contribution in [0.2, 0.25) is 0 Å². The van der Waals surface area contributed by atoms with Crippen LogP contribution < -0.4 is 10.1 Å². The first-order valence-electron chi connectivity index (χ1n) is 8.67. The number of nitrogens with one attached hydrogen (secondary N) is 1. The lowest BCUT2D eigenvalue weighted by atomic mass is 10.1. The molecular formula is C19H24F3N3O2. The third kappa shape index (κ3) is 5.74. The van der Waals surface area contributed by atoms with Crippen molar-refractivity contribution < 1.29 is 22.7 Å². The summed E-state index contributed by atoms with van der Waals surface area (Å²) in [6.07, 6.45) is -1.53. The van der Waals surface area contributed by atoms with E-state index in [1.807, 2.05) is 24.8 Å². The van der Waals surface area contributed by atoms with Crippen LogP contribution in [0, 0.1) is 5.92 Å². The minimum atomic E-state index is -4.39. The predicted molar refractivity (Wildman–Crippen MR) is 97.3 cm³/mol. The minimum absolute atomic E-state index is 0.133. The van der Waals surface area contributed by atoms with Crippen molar-refractivity contribution >= 4 is 12.1 Å². The molecule has 1 heterocycles. The smallest absolute Gasteiger partial charge is 0.422 e. The van der Waals surface area contributed by atoms with E-state index in [1.165, 1.54) is 6.07 Å². The van der Waals surface area contributed by atoms with Gasteiger partial charge in [-0.1, -0.05) is 26.0 Å². The van der Waals surface area contributed by atoms with Gasteiger partial charge in [0.15, 0.2) is 12.9 Å². The van der Waals surface area contributed by atoms with Crippen LogP contribution in [0.1, 0.15) is 39.3 Å². The highest BCUT2D eigenvalue weighted by Gasteiger charge is 2.30. The molecule has 0 aliphatic carbocycles. The molecule has 0 radical (unpaired) electrons. The van der Waals surface area contributed by atoms with E-state index in [0.29, 0.717) is 0 Å². The molecule has 1 aromatic rings. The summed E-state index contributed by atoms with van der Waals surface area (Å²) in [5.74, 6) is -0.185. The Kier molecular flexibility index (Phi) is 6.51. The number of rotatable bonds is 6. The summed E-state index contributed by atoms with van der Waals surface area (Å²) in [6, 6.07) is 6.26. The quantitative estimate of drug-likeness (QED) is 0.807. The van der Waals surface area contributed by atoms with Crippen LogP contribution in [0.4, 0.5) is 13.2 Å². The van der Waals surface area contributed by atoms with E-state index < -0.39 is 19.1 Å². The average molecular weight is 383 g/mol. The number of nitrogens with zero attached hydrogens (tertiary/aromatic N) is 2. The summed E-state index contributed by atoms with van der Waals surface area (Å²) >= 11 is 0. The van der Waals surface area contributed by atoms with E-state index in [2.05, 4.69) is 10.3 Å². The Hall–Kier alpha value is -2.51. The van der Waals surface area contributed by atoms with Gasteiger partial charge >= 0.3 is 6.18 Å². The number of carbonyl (C=O) groups is 1. The maximum absolute atomic E-state index is 12.4. The number of halogens is 3. The number of alkyl halides is 3. The molecule has 2 unspecified atom stereocenters. The first kappa shape index (κ1) is 20.8. The SMILES string of the molecule is CC1=CC=NC(NC(=O)C(C)C)N1C(C)c1cccc(OCC(F)(F)F)c1. The summed E-state index contributed by atoms with van der Waals surface area (Å²) in [6.45, 7) is 6.03. The second-order valence-corrected chi connectivity index (χ2v) is 6.70. The molecule has 1 aliphatic rings. The Balaban J connectivity index is 2.20. The van der Waals surface area contributed by atoms with Crippen molar-refractivity contribution in [2.75, 3.05) is 6.61 Å². The van der Waals surface area contributed by atoms with E-state index in [1.54, 1.807) is 38.3 Å². The third-order valence-electron chi connectivity index (χ3n) is 4.17. The van der Waals surface area contributed by atoms with Crippen molar-refractivity contribution in [3.8, 4) is 5.75 Å². The van der Waals surface area contributed by atoms with Gasteiger partial charge in [0.05, 0.1) is 6.04 Å². The van der Waals surface area contributed by atoms with Gasteiger partial charge in [0.25, 0.3) is 0 Å². The van der Waals surface area contributed by atoms with Crippen LogP contribution in [0.3, 0.4) is 0 Å². The molecule has 0 bridgehead atoms. The number of carbonyl (C=O) groups excluding carboxylic acids is 1. The molecule has 1 amide bonds. The average Bonchev–Trinajstić information content (AvgIpc) is 2.59. The van der Waals surface area contributed by atoms with Gasteiger partial charge in [-0.15, -0.1) is 0 Å². The summed E-state index contributed by atoms with van der Waals surface area (Å²) in [5.41, 5.74) is 1.64. The topological polar surface area (TPSA) is 53.9 Å². The molecule has 5 nitrogen and oxygen atoms in total. The molecular weight excluding hydrogens is 359 g/mol. The summed E-state index contributed by atoms with van der Waals surface area (Å²) in [7, 11) is 0. The third-order valence-corrected chi connectivity index (χ3v) is 4.17. The molecule has 1 N–H and O–H groups in total. The van der Waals surface area contributed by atoms with Crippen molar-refractivity contribution in [2.45, 2.75) is 46.2 Å². The maximum Gasteiger partial charge on any atom is 0.422 e. The van der Waals surface area contributed by atoms with Gasteiger partial charge in [-0.3, -0.25) is 4.79 Å². The molecule has 0 saturated heterocycles. The Morgan fingerprint density at radius 2 is 2.04 bits per heavy atom. The van der Waals surface area contributed by atoms with Gasteiger partial charge in [0.2, 0.25) is 5.91 Å². The maximum atomic E-state index is 12.4. The zero-order valence-electron chi connectivity index (χ0n) is 15.7. The van der Waals surface area contributed by atoms with E-state index in [4.69, 9.17) is 4.74 Å². The lowest BCUT2D eigenvalue weighted by molar-refractivity contribution is -0.153. The molecule has 2 rings (SSSR count). The zero-order valence-corrected chi connectivity index (χ0v) is 15.7. The number of ether oxygens (including phenoxy) is 1. The van der Waals surface area contributed by atoms with Crippen LogP contribution in [0.5, 0.6) is 5.75 Å². The highest BCUT2D eigenvalue weighted by Crippen LogP contribution is 2.30. The van der Waals surface area contributed by atoms with E-state index in [-0.39, 0.29) is 23.6 Å². The molecule has 1 aliphatic heterocycles. The van der Waals surface area contributed by atoms with Gasteiger partial charge in [0.1, 0.15) is 5.75 Å². The van der Waals surface area contributed by atoms with E-state index >= 15 is 0 Å². The number of allylic oxidation sites excluding steroid dienone is 2. The van der Waals surface area contributed by atoms with Crippen LogP contribution in [0.25, 0.3) is 0 Å². The Morgan fingerprint density at radius 3 is 2.67 bits per heavy atom. The predicted octanol–water partition coefficient (Wildman–Crippen LogP) is 4.03. The second-order valence-electron chi connectivity index (χ2n) is 6.70. The lowest BCUT2D eigenvalue weighted by Gasteiger charge is -2.39. The van der Waals surface area contributed by atoms with Gasteiger partial charge in [-0.05, 0) is 37.6 Å². The van der Waals surface area contributed by atoms with Gasteiger partial charge < -0.3 is 15.0 Å². The first-order chi connectivity index (χ1) is 12.6. The van der Waals surface area contributed by atoms with Crippen LogP contribution in [-0.2, 0) is 4.79 Å². The second kappa shape index (κ2) is 8.45. The fourth-order valence-corrected chi connectivity index (χ4v) is 2.69. The van der Waals surface area contributed by atoms with Crippen molar-refractivity contribution in [1.29, 1.82) is 0 Å². The largest absolute Gasteiger partial charge is 0.484 e. The van der Waals surface area contributed by atoms with Crippen molar-refractivity contribution in [1.82, 2.24) is 10.2 Å². The molecule has 8 heteroatoms. The lowest BCUT2D eigenvalue weighted by Crippen LogP contribution is -2.49. The number of hydrogen-bond acceptors (Lipinski definition) is 4. The molecule has 0 spiro atoms. The number of hydrogen-bond donors (Lipinski definition) is 1. The normalized spacial score (nSPS) is 18.3. The number of amides is 1. The molecule has 27 heavy (non-hydrogen) atoms. The molecule has 1 aromatic carbocycles. The standard InChI is InChI=1S/C19H24F3N3O2/c1-12(2)17(26)24-18-23-9-8-13(3)25(18)14(4)15-6-5-7-16(10-15)27-11-19(20,21)22/h5-10,12,14,18H,11H2,1-4H3,(H,24,26).